The van der Waals surface area contributed by atoms with Gasteiger partial charge in [-0.2, -0.15) is 5.26 Å². The van der Waals surface area contributed by atoms with Crippen LogP contribution in [0.15, 0.2) is 6.07 Å². The number of hydrogen-bond acceptors (Lipinski definition) is 13. The fraction of sp³-hybridized carbons (Fsp3) is 0.484. The minimum atomic E-state index is -0.949. The maximum absolute atomic E-state index is 12.9. The van der Waals surface area contributed by atoms with Crippen LogP contribution in [-0.2, 0) is 25.5 Å². The summed E-state index contributed by atoms with van der Waals surface area (Å²) in [5.41, 5.74) is 4.16. The summed E-state index contributed by atoms with van der Waals surface area (Å²) >= 11 is 1.22. The number of fused-ring (bicyclic) bond motifs is 9. The number of phenols is 1. The molecule has 2 aromatic rings. The molecule has 0 radical (unpaired) electrons. The first-order valence-electron chi connectivity index (χ1n) is 14.3. The van der Waals surface area contributed by atoms with Crippen molar-refractivity contribution in [3.8, 4) is 34.8 Å². The zero-order valence-corrected chi connectivity index (χ0v) is 25.6. The maximum atomic E-state index is 12.9. The smallest absolute Gasteiger partial charge is 0.375 e. The van der Waals surface area contributed by atoms with Gasteiger partial charge in [-0.15, -0.1) is 11.8 Å². The van der Waals surface area contributed by atoms with Crippen LogP contribution in [-0.4, -0.2) is 84.1 Å². The summed E-state index contributed by atoms with van der Waals surface area (Å²) in [5.74, 6) is -0.855. The van der Waals surface area contributed by atoms with Gasteiger partial charge in [-0.1, -0.05) is 6.07 Å². The zero-order chi connectivity index (χ0) is 31.2. The molecule has 2 aromatic carbocycles. The predicted octanol–water partition coefficient (Wildman–Crippen LogP) is 2.80. The second-order valence-corrected chi connectivity index (χ2v) is 12.9. The molecule has 44 heavy (non-hydrogen) atoms. The molecule has 0 aromatic heterocycles. The highest BCUT2D eigenvalue weighted by Crippen LogP contribution is 2.63. The van der Waals surface area contributed by atoms with E-state index in [4.69, 9.17) is 23.7 Å². The Morgan fingerprint density at radius 1 is 1.14 bits per heavy atom. The van der Waals surface area contributed by atoms with Crippen molar-refractivity contribution in [2.24, 2.45) is 0 Å². The third-order valence-corrected chi connectivity index (χ3v) is 10.8. The van der Waals surface area contributed by atoms with Crippen LogP contribution in [0.3, 0.4) is 0 Å². The fourth-order valence-electron chi connectivity index (χ4n) is 7.90. The molecule has 7 rings (SSSR count). The number of Topliss-reactive ketones (excluding diaryl/α,β-unsaturated/α-hetero) is 1. The monoisotopic (exact) mass is 621 g/mol. The van der Waals surface area contributed by atoms with Crippen LogP contribution in [0.2, 0.25) is 0 Å². The van der Waals surface area contributed by atoms with E-state index >= 15 is 0 Å². The van der Waals surface area contributed by atoms with E-state index in [9.17, 15) is 24.8 Å². The number of likely N-dealkylation sites (N-methyl/N-ethyl adjacent to an activating group) is 1. The van der Waals surface area contributed by atoms with E-state index in [1.165, 1.54) is 25.8 Å². The number of carbonyl (C=O) groups is 3. The average molecular weight is 622 g/mol. The number of hydrogen-bond donors (Lipinski definition) is 1. The number of ketones is 1. The van der Waals surface area contributed by atoms with Crippen molar-refractivity contribution >= 4 is 29.5 Å². The zero-order valence-electron chi connectivity index (χ0n) is 24.8. The molecule has 5 aliphatic rings. The largest absolute Gasteiger partial charge is 0.504 e. The van der Waals surface area contributed by atoms with Crippen molar-refractivity contribution in [2.75, 3.05) is 33.3 Å². The number of rotatable bonds is 2. The van der Waals surface area contributed by atoms with Crippen LogP contribution in [0.1, 0.15) is 57.6 Å². The minimum absolute atomic E-state index is 0.0240. The number of aryl methyl sites for hydroxylation is 1. The normalized spacial score (nSPS) is 28.7. The van der Waals surface area contributed by atoms with Gasteiger partial charge in [0, 0.05) is 41.3 Å². The topological polar surface area (TPSA) is 148 Å². The molecule has 0 amide bonds. The third-order valence-electron chi connectivity index (χ3n) is 9.54. The second kappa shape index (κ2) is 10.3. The highest BCUT2D eigenvalue weighted by molar-refractivity contribution is 8.00. The number of cyclic esters (lactones) is 1. The minimum Gasteiger partial charge on any atom is -0.504 e. The molecule has 0 aliphatic carbocycles. The fourth-order valence-corrected chi connectivity index (χ4v) is 9.23. The highest BCUT2D eigenvalue weighted by atomic mass is 32.2. The Labute approximate surface area is 257 Å². The van der Waals surface area contributed by atoms with Gasteiger partial charge in [0.2, 0.25) is 12.6 Å². The molecule has 13 heteroatoms. The summed E-state index contributed by atoms with van der Waals surface area (Å²) in [7, 11) is 3.45. The summed E-state index contributed by atoms with van der Waals surface area (Å²) in [6.45, 7) is 4.65. The van der Waals surface area contributed by atoms with Crippen molar-refractivity contribution < 1.29 is 43.2 Å². The van der Waals surface area contributed by atoms with E-state index < -0.39 is 47.1 Å². The van der Waals surface area contributed by atoms with Crippen LogP contribution in [0, 0.1) is 25.2 Å². The van der Waals surface area contributed by atoms with Gasteiger partial charge < -0.3 is 28.8 Å². The van der Waals surface area contributed by atoms with Crippen LogP contribution < -0.4 is 18.9 Å². The van der Waals surface area contributed by atoms with Gasteiger partial charge in [-0.05, 0) is 38.4 Å². The first kappa shape index (κ1) is 28.8. The van der Waals surface area contributed by atoms with Crippen LogP contribution in [0.4, 0.5) is 0 Å². The van der Waals surface area contributed by atoms with E-state index in [0.717, 1.165) is 11.1 Å². The lowest BCUT2D eigenvalue weighted by atomic mass is 9.71. The number of nitriles is 1. The lowest BCUT2D eigenvalue weighted by Gasteiger charge is -2.61. The van der Waals surface area contributed by atoms with Crippen molar-refractivity contribution in [1.82, 2.24) is 9.80 Å². The Hall–Kier alpha value is -3.99. The number of benzene rings is 2. The Kier molecular flexibility index (Phi) is 6.73. The second-order valence-electron chi connectivity index (χ2n) is 11.8. The Balaban J connectivity index is 1.57. The number of carbonyl (C=O) groups excluding carboxylic acids is 3. The number of phenolic OH excluding ortho intramolecular Hbond substituents is 1. The molecular weight excluding hydrogens is 590 g/mol. The highest BCUT2D eigenvalue weighted by Gasteiger charge is 2.60. The number of nitrogens with zero attached hydrogens (tertiary/aromatic N) is 3. The van der Waals surface area contributed by atoms with Gasteiger partial charge in [0.25, 0.3) is 0 Å². The maximum Gasteiger partial charge on any atom is 0.375 e. The molecule has 1 N–H and O–H groups in total. The van der Waals surface area contributed by atoms with Gasteiger partial charge in [0.15, 0.2) is 23.0 Å². The van der Waals surface area contributed by atoms with Gasteiger partial charge in [0.05, 0.1) is 36.3 Å². The Morgan fingerprint density at radius 3 is 2.59 bits per heavy atom. The quantitative estimate of drug-likeness (QED) is 0.298. The van der Waals surface area contributed by atoms with Crippen LogP contribution in [0.25, 0.3) is 0 Å². The molecule has 2 fully saturated rings. The molecule has 12 nitrogen and oxygen atoms in total. The van der Waals surface area contributed by atoms with E-state index in [1.54, 1.807) is 6.92 Å². The Morgan fingerprint density at radius 2 is 1.89 bits per heavy atom. The molecule has 0 saturated carbocycles. The van der Waals surface area contributed by atoms with E-state index in [2.05, 4.69) is 15.9 Å². The van der Waals surface area contributed by atoms with E-state index in [1.807, 2.05) is 20.0 Å². The van der Waals surface area contributed by atoms with Crippen LogP contribution >= 0.6 is 11.8 Å². The first-order valence-corrected chi connectivity index (χ1v) is 15.4. The van der Waals surface area contributed by atoms with Crippen LogP contribution in [0.5, 0.6) is 28.7 Å². The molecule has 5 heterocycles. The molecule has 230 valence electrons. The molecule has 1 unspecified atom stereocenters. The molecular formula is C31H31N3O9S. The first-order chi connectivity index (χ1) is 21.1. The van der Waals surface area contributed by atoms with Gasteiger partial charge in [-0.25, -0.2) is 4.79 Å². The van der Waals surface area contributed by atoms with Crippen molar-refractivity contribution in [1.29, 1.82) is 5.26 Å². The van der Waals surface area contributed by atoms with E-state index in [-0.39, 0.29) is 30.9 Å². The predicted molar refractivity (Wildman–Crippen MR) is 155 cm³/mol. The SMILES string of the molecule is COc1c(C)cc2c(c1O)[C@@H]1C3[C@@H]4SCC(=O)C(=O)OC[C@@H](c5c6c(c(C)c(OC(C)=O)c54)OCO6)N3[C@@H](C#N)[C@@H](C2)N1C. The van der Waals surface area contributed by atoms with Crippen molar-refractivity contribution in [2.45, 2.75) is 62.7 Å². The standard InChI is InChI=1S/C31H31N3O9S/c1-12-6-15-7-16-17(8-32)34-18-9-40-31(38)19(36)10-44-30(24(34)23(33(16)4)20(15)25(37)26(12)39-5)22-21(18)29-28(41-11-42-29)13(2)27(22)43-14(3)35/h6,16-18,23-24,30,37H,7,9-11H2,1-5H3/t16-,17+,18+,23-,24?,30-/m1/s1. The van der Waals surface area contributed by atoms with Gasteiger partial charge in [0.1, 0.15) is 18.4 Å². The lowest BCUT2D eigenvalue weighted by Crippen LogP contribution is -2.69. The van der Waals surface area contributed by atoms with Crippen molar-refractivity contribution in [3.05, 3.63) is 39.4 Å². The molecule has 2 saturated heterocycles. The molecule has 0 spiro atoms. The summed E-state index contributed by atoms with van der Waals surface area (Å²) in [5, 5.41) is 21.9. The number of methoxy groups -OCH3 is 1. The molecule has 6 atom stereocenters. The molecule has 5 aliphatic heterocycles. The number of esters is 2. The summed E-state index contributed by atoms with van der Waals surface area (Å²) < 4.78 is 29.0. The molecule has 4 bridgehead atoms. The number of thioether (sulfide) groups is 1. The van der Waals surface area contributed by atoms with Gasteiger partial charge in [-0.3, -0.25) is 19.4 Å². The number of ether oxygens (including phenoxy) is 5. The number of aromatic hydroxyl groups is 1. The third kappa shape index (κ3) is 3.87. The summed E-state index contributed by atoms with van der Waals surface area (Å²) in [4.78, 5) is 42.3. The van der Waals surface area contributed by atoms with Crippen molar-refractivity contribution in [3.63, 3.8) is 0 Å². The average Bonchev–Trinajstić information content (AvgIpc) is 3.47. The number of piperazine rings is 1. The lowest BCUT2D eigenvalue weighted by molar-refractivity contribution is -0.157. The summed E-state index contributed by atoms with van der Waals surface area (Å²) in [6.07, 6.45) is 0.488. The van der Waals surface area contributed by atoms with Gasteiger partial charge >= 0.3 is 11.9 Å². The summed E-state index contributed by atoms with van der Waals surface area (Å²) in [6, 6.07) is 1.81. The Bertz CT molecular complexity index is 1690. The van der Waals surface area contributed by atoms with E-state index in [0.29, 0.717) is 51.7 Å².